The van der Waals surface area contributed by atoms with E-state index in [2.05, 4.69) is 20.8 Å². The minimum Gasteiger partial charge on any atom is -0.322 e. The number of amides is 1. The SMILES string of the molecule is O=C(Nc1ccc(C(F)(F)F)cc1)c1cc2ccc(Cl)cc2n2nnnc12. The van der Waals surface area contributed by atoms with Gasteiger partial charge in [-0.3, -0.25) is 4.79 Å². The van der Waals surface area contributed by atoms with E-state index in [1.54, 1.807) is 24.3 Å². The third-order valence-electron chi connectivity index (χ3n) is 3.95. The molecule has 0 radical (unpaired) electrons. The quantitative estimate of drug-likeness (QED) is 0.556. The van der Waals surface area contributed by atoms with E-state index < -0.39 is 17.6 Å². The predicted octanol–water partition coefficient (Wildman–Crippen LogP) is 4.20. The van der Waals surface area contributed by atoms with Gasteiger partial charge in [-0.1, -0.05) is 17.7 Å². The molecule has 0 aliphatic rings. The van der Waals surface area contributed by atoms with E-state index in [-0.39, 0.29) is 16.9 Å². The van der Waals surface area contributed by atoms with Crippen molar-refractivity contribution in [3.05, 3.63) is 64.7 Å². The van der Waals surface area contributed by atoms with Crippen LogP contribution >= 0.6 is 11.6 Å². The highest BCUT2D eigenvalue weighted by molar-refractivity contribution is 6.31. The molecule has 4 rings (SSSR count). The molecule has 136 valence electrons. The lowest BCUT2D eigenvalue weighted by atomic mass is 10.1. The van der Waals surface area contributed by atoms with Gasteiger partial charge in [-0.05, 0) is 52.9 Å². The number of tetrazole rings is 1. The first kappa shape index (κ1) is 17.2. The Labute approximate surface area is 154 Å². The van der Waals surface area contributed by atoms with E-state index in [1.807, 2.05) is 0 Å². The molecule has 6 nitrogen and oxygen atoms in total. The van der Waals surface area contributed by atoms with Crippen LogP contribution in [0.3, 0.4) is 0 Å². The maximum atomic E-state index is 12.7. The van der Waals surface area contributed by atoms with Crippen molar-refractivity contribution in [2.75, 3.05) is 5.32 Å². The van der Waals surface area contributed by atoms with Crippen LogP contribution in [0.4, 0.5) is 18.9 Å². The van der Waals surface area contributed by atoms with Crippen molar-refractivity contribution < 1.29 is 18.0 Å². The van der Waals surface area contributed by atoms with E-state index in [1.165, 1.54) is 16.6 Å². The van der Waals surface area contributed by atoms with E-state index >= 15 is 0 Å². The molecule has 0 fully saturated rings. The number of halogens is 4. The smallest absolute Gasteiger partial charge is 0.322 e. The van der Waals surface area contributed by atoms with Crippen molar-refractivity contribution in [1.82, 2.24) is 20.0 Å². The molecule has 0 aliphatic heterocycles. The van der Waals surface area contributed by atoms with Gasteiger partial charge in [-0.15, -0.1) is 5.10 Å². The number of alkyl halides is 3. The summed E-state index contributed by atoms with van der Waals surface area (Å²) in [7, 11) is 0. The molecule has 10 heteroatoms. The monoisotopic (exact) mass is 391 g/mol. The van der Waals surface area contributed by atoms with Crippen LogP contribution in [0.5, 0.6) is 0 Å². The van der Waals surface area contributed by atoms with Crippen LogP contribution in [0.15, 0.2) is 48.5 Å². The van der Waals surface area contributed by atoms with Crippen molar-refractivity contribution >= 4 is 39.7 Å². The van der Waals surface area contributed by atoms with E-state index in [0.29, 0.717) is 15.9 Å². The van der Waals surface area contributed by atoms with E-state index in [0.717, 1.165) is 12.1 Å². The number of aromatic nitrogens is 4. The van der Waals surface area contributed by atoms with Crippen LogP contribution in [-0.4, -0.2) is 25.9 Å². The predicted molar refractivity (Wildman–Crippen MR) is 92.7 cm³/mol. The third-order valence-corrected chi connectivity index (χ3v) is 4.18. The molecule has 27 heavy (non-hydrogen) atoms. The van der Waals surface area contributed by atoms with Crippen molar-refractivity contribution in [2.24, 2.45) is 0 Å². The summed E-state index contributed by atoms with van der Waals surface area (Å²) in [5.41, 5.74) is 0.416. The molecule has 1 amide bonds. The second kappa shape index (κ2) is 6.20. The molecule has 2 heterocycles. The Balaban J connectivity index is 1.72. The first-order chi connectivity index (χ1) is 12.8. The fourth-order valence-corrected chi connectivity index (χ4v) is 2.83. The van der Waals surface area contributed by atoms with E-state index in [9.17, 15) is 18.0 Å². The Bertz CT molecular complexity index is 1170. The number of rotatable bonds is 2. The molecule has 0 atom stereocenters. The molecule has 0 aliphatic carbocycles. The van der Waals surface area contributed by atoms with Crippen LogP contribution in [0.25, 0.3) is 16.6 Å². The number of anilines is 1. The van der Waals surface area contributed by atoms with Gasteiger partial charge in [-0.2, -0.15) is 17.7 Å². The summed E-state index contributed by atoms with van der Waals surface area (Å²) in [5, 5.41) is 15.0. The number of hydrogen-bond donors (Lipinski definition) is 1. The van der Waals surface area contributed by atoms with Gasteiger partial charge in [0.2, 0.25) is 0 Å². The third kappa shape index (κ3) is 3.17. The van der Waals surface area contributed by atoms with Gasteiger partial charge in [0, 0.05) is 16.1 Å². The lowest BCUT2D eigenvalue weighted by Gasteiger charge is -2.10. The number of carbonyl (C=O) groups is 1. The number of nitrogens with one attached hydrogen (secondary N) is 1. The maximum Gasteiger partial charge on any atom is 0.416 e. The largest absolute Gasteiger partial charge is 0.416 e. The van der Waals surface area contributed by atoms with Crippen LogP contribution in [0.1, 0.15) is 15.9 Å². The van der Waals surface area contributed by atoms with Crippen LogP contribution in [-0.2, 0) is 6.18 Å². The summed E-state index contributed by atoms with van der Waals surface area (Å²) in [6.45, 7) is 0. The van der Waals surface area contributed by atoms with Gasteiger partial charge in [0.25, 0.3) is 5.91 Å². The average Bonchev–Trinajstić information content (AvgIpc) is 3.11. The molecule has 0 saturated heterocycles. The zero-order valence-electron chi connectivity index (χ0n) is 13.3. The van der Waals surface area contributed by atoms with Crippen molar-refractivity contribution in [3.8, 4) is 0 Å². The fraction of sp³-hybridized carbons (Fsp3) is 0.0588. The fourth-order valence-electron chi connectivity index (χ4n) is 2.67. The molecule has 4 aromatic rings. The number of benzene rings is 2. The highest BCUT2D eigenvalue weighted by Crippen LogP contribution is 2.30. The number of fused-ring (bicyclic) bond motifs is 3. The van der Waals surface area contributed by atoms with Crippen LogP contribution in [0.2, 0.25) is 5.02 Å². The van der Waals surface area contributed by atoms with Gasteiger partial charge in [0.1, 0.15) is 0 Å². The lowest BCUT2D eigenvalue weighted by Crippen LogP contribution is -2.14. The number of pyridine rings is 1. The lowest BCUT2D eigenvalue weighted by molar-refractivity contribution is -0.137. The normalized spacial score (nSPS) is 11.9. The van der Waals surface area contributed by atoms with Gasteiger partial charge >= 0.3 is 6.18 Å². The van der Waals surface area contributed by atoms with Gasteiger partial charge in [-0.25, -0.2) is 0 Å². The summed E-state index contributed by atoms with van der Waals surface area (Å²) in [6, 6.07) is 10.8. The zero-order chi connectivity index (χ0) is 19.2. The Morgan fingerprint density at radius 1 is 1.07 bits per heavy atom. The second-order valence-electron chi connectivity index (χ2n) is 5.70. The standard InChI is InChI=1S/C17H9ClF3N5O/c18-11-4-1-9-7-13(15-23-24-25-26(15)14(9)8-11)16(27)22-12-5-2-10(3-6-12)17(19,20)21/h1-8H,(H,22,27). The van der Waals surface area contributed by atoms with Crippen molar-refractivity contribution in [1.29, 1.82) is 0 Å². The first-order valence-electron chi connectivity index (χ1n) is 7.62. The van der Waals surface area contributed by atoms with Gasteiger partial charge in [0.15, 0.2) is 5.65 Å². The summed E-state index contributed by atoms with van der Waals surface area (Å²) < 4.78 is 39.3. The molecule has 0 saturated carbocycles. The van der Waals surface area contributed by atoms with Crippen LogP contribution < -0.4 is 5.32 Å². The minimum absolute atomic E-state index is 0.176. The van der Waals surface area contributed by atoms with Gasteiger partial charge in [0.05, 0.1) is 16.6 Å². The number of hydrogen-bond acceptors (Lipinski definition) is 4. The zero-order valence-corrected chi connectivity index (χ0v) is 14.1. The molecular formula is C17H9ClF3N5O. The highest BCUT2D eigenvalue weighted by Gasteiger charge is 2.30. The number of carbonyl (C=O) groups excluding carboxylic acids is 1. The topological polar surface area (TPSA) is 72.2 Å². The summed E-state index contributed by atoms with van der Waals surface area (Å²) in [5.74, 6) is -0.550. The summed E-state index contributed by atoms with van der Waals surface area (Å²) in [6.07, 6.45) is -4.44. The molecular weight excluding hydrogens is 383 g/mol. The second-order valence-corrected chi connectivity index (χ2v) is 6.14. The molecule has 1 N–H and O–H groups in total. The maximum absolute atomic E-state index is 12.7. The molecule has 0 spiro atoms. The summed E-state index contributed by atoms with van der Waals surface area (Å²) >= 11 is 6.00. The molecule has 2 aromatic heterocycles. The van der Waals surface area contributed by atoms with Crippen LogP contribution in [0, 0.1) is 0 Å². The Hall–Kier alpha value is -3.20. The first-order valence-corrected chi connectivity index (χ1v) is 8.00. The van der Waals surface area contributed by atoms with Crippen molar-refractivity contribution in [3.63, 3.8) is 0 Å². The Kier molecular flexibility index (Phi) is 3.96. The highest BCUT2D eigenvalue weighted by atomic mass is 35.5. The Morgan fingerprint density at radius 3 is 2.52 bits per heavy atom. The molecule has 0 unspecified atom stereocenters. The van der Waals surface area contributed by atoms with Gasteiger partial charge < -0.3 is 5.32 Å². The summed E-state index contributed by atoms with van der Waals surface area (Å²) in [4.78, 5) is 12.7. The molecule has 0 bridgehead atoms. The van der Waals surface area contributed by atoms with Crippen molar-refractivity contribution in [2.45, 2.75) is 6.18 Å². The average molecular weight is 392 g/mol. The minimum atomic E-state index is -4.44. The molecule has 2 aromatic carbocycles. The number of nitrogens with zero attached hydrogens (tertiary/aromatic N) is 4. The van der Waals surface area contributed by atoms with E-state index in [4.69, 9.17) is 11.6 Å². The Morgan fingerprint density at radius 2 is 1.81 bits per heavy atom.